The standard InChI is InChI=1S/C12H12Br2S2/c1-5-7(3)15-11(9(5)13)12-10(14)6(2)8(4)16-12/h1-4H3. The SMILES string of the molecule is Cc1sc(-c2sc(C)c(C)c2Br)c(Br)c1C. The summed E-state index contributed by atoms with van der Waals surface area (Å²) in [5.41, 5.74) is 2.71. The van der Waals surface area contributed by atoms with E-state index in [1.807, 2.05) is 22.7 Å². The molecule has 2 aromatic heterocycles. The van der Waals surface area contributed by atoms with Crippen LogP contribution in [0.5, 0.6) is 0 Å². The van der Waals surface area contributed by atoms with Gasteiger partial charge in [0.25, 0.3) is 0 Å². The zero-order valence-corrected chi connectivity index (χ0v) is 14.4. The van der Waals surface area contributed by atoms with Gasteiger partial charge in [-0.15, -0.1) is 22.7 Å². The van der Waals surface area contributed by atoms with Crippen LogP contribution in [0.1, 0.15) is 20.9 Å². The first-order valence-electron chi connectivity index (χ1n) is 4.94. The summed E-state index contributed by atoms with van der Waals surface area (Å²) in [6.07, 6.45) is 0. The number of aryl methyl sites for hydroxylation is 2. The molecule has 86 valence electrons. The summed E-state index contributed by atoms with van der Waals surface area (Å²) in [5.74, 6) is 0. The smallest absolute Gasteiger partial charge is 0.0601 e. The lowest BCUT2D eigenvalue weighted by molar-refractivity contribution is 1.41. The Morgan fingerprint density at radius 3 is 1.19 bits per heavy atom. The Kier molecular flexibility index (Phi) is 3.65. The average Bonchev–Trinajstić information content (AvgIpc) is 2.64. The molecular weight excluding hydrogens is 368 g/mol. The predicted molar refractivity (Wildman–Crippen MR) is 82.0 cm³/mol. The fourth-order valence-electron chi connectivity index (χ4n) is 1.49. The minimum Gasteiger partial charge on any atom is -0.138 e. The molecule has 0 radical (unpaired) electrons. The first-order chi connectivity index (χ1) is 7.43. The topological polar surface area (TPSA) is 0 Å². The Labute approximate surface area is 121 Å². The van der Waals surface area contributed by atoms with Crippen LogP contribution in [-0.2, 0) is 0 Å². The van der Waals surface area contributed by atoms with E-state index in [-0.39, 0.29) is 0 Å². The van der Waals surface area contributed by atoms with Gasteiger partial charge >= 0.3 is 0 Å². The molecule has 0 saturated carbocycles. The van der Waals surface area contributed by atoms with E-state index >= 15 is 0 Å². The highest BCUT2D eigenvalue weighted by Crippen LogP contribution is 2.47. The molecule has 2 rings (SSSR count). The van der Waals surface area contributed by atoms with Crippen LogP contribution >= 0.6 is 54.5 Å². The van der Waals surface area contributed by atoms with Crippen molar-refractivity contribution < 1.29 is 0 Å². The van der Waals surface area contributed by atoms with E-state index in [9.17, 15) is 0 Å². The van der Waals surface area contributed by atoms with Crippen molar-refractivity contribution in [3.63, 3.8) is 0 Å². The van der Waals surface area contributed by atoms with Gasteiger partial charge in [0, 0.05) is 18.7 Å². The van der Waals surface area contributed by atoms with Gasteiger partial charge in [-0.05, 0) is 70.7 Å². The molecule has 0 amide bonds. The van der Waals surface area contributed by atoms with Gasteiger partial charge in [-0.3, -0.25) is 0 Å². The van der Waals surface area contributed by atoms with E-state index in [1.54, 1.807) is 0 Å². The Hall–Kier alpha value is 0.360. The van der Waals surface area contributed by atoms with E-state index in [4.69, 9.17) is 0 Å². The van der Waals surface area contributed by atoms with Crippen LogP contribution in [0.2, 0.25) is 0 Å². The van der Waals surface area contributed by atoms with Crippen molar-refractivity contribution in [3.8, 4) is 9.75 Å². The molecule has 0 unspecified atom stereocenters. The summed E-state index contributed by atoms with van der Waals surface area (Å²) in [4.78, 5) is 5.47. The Morgan fingerprint density at radius 1 is 0.688 bits per heavy atom. The number of hydrogen-bond acceptors (Lipinski definition) is 2. The highest BCUT2D eigenvalue weighted by Gasteiger charge is 2.18. The van der Waals surface area contributed by atoms with Gasteiger partial charge in [0.2, 0.25) is 0 Å². The summed E-state index contributed by atoms with van der Waals surface area (Å²) in [5, 5.41) is 0. The molecule has 0 fully saturated rings. The molecule has 0 saturated heterocycles. The van der Waals surface area contributed by atoms with Gasteiger partial charge in [0.05, 0.1) is 9.75 Å². The van der Waals surface area contributed by atoms with Crippen LogP contribution in [0.25, 0.3) is 9.75 Å². The van der Waals surface area contributed by atoms with Gasteiger partial charge in [-0.25, -0.2) is 0 Å². The van der Waals surface area contributed by atoms with Crippen molar-refractivity contribution in [3.05, 3.63) is 29.8 Å². The van der Waals surface area contributed by atoms with Crippen LogP contribution in [0.3, 0.4) is 0 Å². The minimum absolute atomic E-state index is 1.25. The van der Waals surface area contributed by atoms with Crippen molar-refractivity contribution in [2.75, 3.05) is 0 Å². The Balaban J connectivity index is 2.68. The van der Waals surface area contributed by atoms with Gasteiger partial charge < -0.3 is 0 Å². The maximum atomic E-state index is 3.70. The zero-order valence-electron chi connectivity index (χ0n) is 9.57. The lowest BCUT2D eigenvalue weighted by atomic mass is 10.2. The first-order valence-corrected chi connectivity index (χ1v) is 8.16. The summed E-state index contributed by atoms with van der Waals surface area (Å²) < 4.78 is 2.49. The number of thiophene rings is 2. The molecule has 0 aliphatic carbocycles. The molecule has 0 aliphatic heterocycles. The Morgan fingerprint density at radius 2 is 1.00 bits per heavy atom. The zero-order chi connectivity index (χ0) is 12.0. The molecule has 4 heteroatoms. The lowest BCUT2D eigenvalue weighted by Crippen LogP contribution is -1.72. The molecule has 0 atom stereocenters. The van der Waals surface area contributed by atoms with Crippen LogP contribution in [0.4, 0.5) is 0 Å². The second-order valence-corrected chi connectivity index (χ2v) is 7.89. The van der Waals surface area contributed by atoms with Crippen molar-refractivity contribution in [2.45, 2.75) is 27.7 Å². The predicted octanol–water partition coefficient (Wildman–Crippen LogP) is 6.24. The summed E-state index contributed by atoms with van der Waals surface area (Å²) in [7, 11) is 0. The molecule has 0 aromatic carbocycles. The highest BCUT2D eigenvalue weighted by molar-refractivity contribution is 9.11. The number of hydrogen-bond donors (Lipinski definition) is 0. The molecule has 0 bridgehead atoms. The quantitative estimate of drug-likeness (QED) is 0.550. The monoisotopic (exact) mass is 378 g/mol. The van der Waals surface area contributed by atoms with Crippen LogP contribution < -0.4 is 0 Å². The maximum absolute atomic E-state index is 3.70. The number of rotatable bonds is 1. The van der Waals surface area contributed by atoms with Gasteiger partial charge in [-0.2, -0.15) is 0 Å². The van der Waals surface area contributed by atoms with E-state index < -0.39 is 0 Å². The maximum Gasteiger partial charge on any atom is 0.0601 e. The molecular formula is C12H12Br2S2. The van der Waals surface area contributed by atoms with E-state index in [0.29, 0.717) is 0 Å². The molecule has 16 heavy (non-hydrogen) atoms. The van der Waals surface area contributed by atoms with Crippen LogP contribution in [0, 0.1) is 27.7 Å². The minimum atomic E-state index is 1.25. The molecule has 2 aromatic rings. The normalized spacial score (nSPS) is 11.1. The van der Waals surface area contributed by atoms with Crippen molar-refractivity contribution in [1.29, 1.82) is 0 Å². The van der Waals surface area contributed by atoms with Gasteiger partial charge in [0.1, 0.15) is 0 Å². The molecule has 0 N–H and O–H groups in total. The molecule has 2 heterocycles. The lowest BCUT2D eigenvalue weighted by Gasteiger charge is -1.96. The van der Waals surface area contributed by atoms with E-state index in [1.165, 1.54) is 39.6 Å². The van der Waals surface area contributed by atoms with Gasteiger partial charge in [-0.1, -0.05) is 0 Å². The van der Waals surface area contributed by atoms with Crippen LogP contribution in [-0.4, -0.2) is 0 Å². The fourth-order valence-corrected chi connectivity index (χ4v) is 5.74. The molecule has 0 spiro atoms. The number of halogens is 2. The Bertz CT molecular complexity index is 500. The fraction of sp³-hybridized carbons (Fsp3) is 0.333. The third kappa shape index (κ3) is 1.94. The van der Waals surface area contributed by atoms with Crippen LogP contribution in [0.15, 0.2) is 8.95 Å². The second-order valence-electron chi connectivity index (χ2n) is 3.85. The third-order valence-electron chi connectivity index (χ3n) is 2.83. The van der Waals surface area contributed by atoms with Crippen molar-refractivity contribution in [1.82, 2.24) is 0 Å². The summed E-state index contributed by atoms with van der Waals surface area (Å²) in [6.45, 7) is 8.69. The van der Waals surface area contributed by atoms with E-state index in [0.717, 1.165) is 0 Å². The summed E-state index contributed by atoms with van der Waals surface area (Å²) in [6, 6.07) is 0. The van der Waals surface area contributed by atoms with Crippen molar-refractivity contribution in [2.24, 2.45) is 0 Å². The molecule has 0 aliphatic rings. The summed E-state index contributed by atoms with van der Waals surface area (Å²) >= 11 is 11.1. The largest absolute Gasteiger partial charge is 0.138 e. The van der Waals surface area contributed by atoms with Gasteiger partial charge in [0.15, 0.2) is 0 Å². The average molecular weight is 380 g/mol. The third-order valence-corrected chi connectivity index (χ3v) is 7.92. The molecule has 0 nitrogen and oxygen atoms in total. The second kappa shape index (κ2) is 4.56. The first kappa shape index (κ1) is 12.8. The van der Waals surface area contributed by atoms with Crippen molar-refractivity contribution >= 4 is 54.5 Å². The highest BCUT2D eigenvalue weighted by atomic mass is 79.9. The van der Waals surface area contributed by atoms with E-state index in [2.05, 4.69) is 59.6 Å².